The van der Waals surface area contributed by atoms with Crippen molar-refractivity contribution in [1.82, 2.24) is 5.32 Å². The van der Waals surface area contributed by atoms with Gasteiger partial charge in [-0.3, -0.25) is 10.2 Å². The third-order valence-corrected chi connectivity index (χ3v) is 3.59. The van der Waals surface area contributed by atoms with E-state index in [-0.39, 0.29) is 11.6 Å². The van der Waals surface area contributed by atoms with E-state index in [0.717, 1.165) is 10.1 Å². The summed E-state index contributed by atoms with van der Waals surface area (Å²) >= 11 is 1.39. The lowest BCUT2D eigenvalue weighted by atomic mass is 10.2. The zero-order chi connectivity index (χ0) is 14.5. The monoisotopic (exact) mass is 283 g/mol. The highest BCUT2D eigenvalue weighted by molar-refractivity contribution is 7.20. The van der Waals surface area contributed by atoms with Crippen molar-refractivity contribution in [3.8, 4) is 12.1 Å². The van der Waals surface area contributed by atoms with Crippen LogP contribution >= 0.6 is 11.3 Å². The van der Waals surface area contributed by atoms with Crippen LogP contribution in [0.25, 0.3) is 10.1 Å². The maximum atomic E-state index is 11.6. The van der Waals surface area contributed by atoms with E-state index < -0.39 is 0 Å². The van der Waals surface area contributed by atoms with Crippen molar-refractivity contribution >= 4 is 38.7 Å². The van der Waals surface area contributed by atoms with Gasteiger partial charge in [-0.15, -0.1) is 11.3 Å². The number of rotatable bonds is 3. The van der Waals surface area contributed by atoms with Gasteiger partial charge in [-0.2, -0.15) is 15.6 Å². The second-order valence-electron chi connectivity index (χ2n) is 3.74. The zero-order valence-corrected chi connectivity index (χ0v) is 11.3. The van der Waals surface area contributed by atoms with Gasteiger partial charge in [0.1, 0.15) is 12.1 Å². The number of benzene rings is 1. The third-order valence-electron chi connectivity index (χ3n) is 2.48. The summed E-state index contributed by atoms with van der Waals surface area (Å²) in [5, 5.41) is 24.3. The Bertz CT molecular complexity index is 762. The lowest BCUT2D eigenvalue weighted by molar-refractivity contribution is 0.0967. The molecule has 2 N–H and O–H groups in total. The Hall–Kier alpha value is -2.90. The van der Waals surface area contributed by atoms with Gasteiger partial charge < -0.3 is 5.32 Å². The number of carbonyl (C=O) groups is 1. The molecule has 0 saturated carbocycles. The largest absolute Gasteiger partial charge is 0.354 e. The van der Waals surface area contributed by atoms with E-state index in [1.165, 1.54) is 11.3 Å². The summed E-state index contributed by atoms with van der Waals surface area (Å²) in [6, 6.07) is 10.5. The Balaban J connectivity index is 2.30. The summed E-state index contributed by atoms with van der Waals surface area (Å²) < 4.78 is 0.971. The van der Waals surface area contributed by atoms with Crippen LogP contribution in [-0.2, 0) is 0 Å². The van der Waals surface area contributed by atoms with Crippen molar-refractivity contribution < 1.29 is 4.79 Å². The van der Waals surface area contributed by atoms with Gasteiger partial charge in [0.25, 0.3) is 5.91 Å². The van der Waals surface area contributed by atoms with Gasteiger partial charge in [-0.25, -0.2) is 0 Å². The molecule has 0 aliphatic heterocycles. The Kier molecular flexibility index (Phi) is 3.94. The van der Waals surface area contributed by atoms with Crippen LogP contribution in [0.5, 0.6) is 0 Å². The lowest BCUT2D eigenvalue weighted by Crippen LogP contribution is -2.15. The second kappa shape index (κ2) is 5.83. The lowest BCUT2D eigenvalue weighted by Gasteiger charge is -1.99. The number of nitrogens with one attached hydrogen (secondary N) is 2. The molecule has 0 spiro atoms. The minimum atomic E-state index is -0.249. The molecule has 0 fully saturated rings. The minimum Gasteiger partial charge on any atom is -0.354 e. The molecular weight excluding hydrogens is 274 g/mol. The molecule has 1 amide bonds. The summed E-state index contributed by atoms with van der Waals surface area (Å²) in [7, 11) is 1.58. The van der Waals surface area contributed by atoms with Crippen LogP contribution in [0.15, 0.2) is 29.4 Å². The van der Waals surface area contributed by atoms with Crippen LogP contribution in [0.2, 0.25) is 0 Å². The van der Waals surface area contributed by atoms with Crippen LogP contribution in [0.1, 0.15) is 9.67 Å². The molecule has 0 saturated heterocycles. The fraction of sp³-hybridized carbons (Fsp3) is 0.0769. The summed E-state index contributed by atoms with van der Waals surface area (Å²) in [6.07, 6.45) is 0. The Morgan fingerprint density at radius 3 is 2.70 bits per heavy atom. The van der Waals surface area contributed by atoms with Gasteiger partial charge >= 0.3 is 0 Å². The highest BCUT2D eigenvalue weighted by Gasteiger charge is 2.08. The summed E-state index contributed by atoms with van der Waals surface area (Å²) in [5.41, 5.74) is 3.03. The molecule has 6 nitrogen and oxygen atoms in total. The van der Waals surface area contributed by atoms with Gasteiger partial charge in [0.2, 0.25) is 5.71 Å². The maximum absolute atomic E-state index is 11.6. The standard InChI is InChI=1S/C13H9N5OS/c1-16-13(19)12-5-8-4-9(2-3-11(8)20-12)17-18-10(6-14)7-15/h2-5,17H,1H3,(H,16,19). The highest BCUT2D eigenvalue weighted by atomic mass is 32.1. The first-order valence-electron chi connectivity index (χ1n) is 5.57. The number of amides is 1. The molecule has 0 aliphatic rings. The van der Waals surface area contributed by atoms with Crippen molar-refractivity contribution in [1.29, 1.82) is 10.5 Å². The van der Waals surface area contributed by atoms with E-state index in [2.05, 4.69) is 15.8 Å². The van der Waals surface area contributed by atoms with E-state index >= 15 is 0 Å². The number of thiophene rings is 1. The fourth-order valence-corrected chi connectivity index (χ4v) is 2.53. The number of anilines is 1. The average molecular weight is 283 g/mol. The minimum absolute atomic E-state index is 0.130. The van der Waals surface area contributed by atoms with Gasteiger partial charge in [0, 0.05) is 11.7 Å². The molecular formula is C13H9N5OS. The number of hydrogen-bond acceptors (Lipinski definition) is 6. The highest BCUT2D eigenvalue weighted by Crippen LogP contribution is 2.28. The number of carbonyl (C=O) groups excluding carboxylic acids is 1. The van der Waals surface area contributed by atoms with Crippen LogP contribution < -0.4 is 10.7 Å². The summed E-state index contributed by atoms with van der Waals surface area (Å²) in [6.45, 7) is 0. The molecule has 2 rings (SSSR count). The molecule has 1 heterocycles. The van der Waals surface area contributed by atoms with Crippen LogP contribution in [0.4, 0.5) is 5.69 Å². The van der Waals surface area contributed by atoms with Crippen LogP contribution in [-0.4, -0.2) is 18.7 Å². The first-order chi connectivity index (χ1) is 9.67. The molecule has 1 aromatic heterocycles. The van der Waals surface area contributed by atoms with Crippen molar-refractivity contribution in [3.05, 3.63) is 29.1 Å². The molecule has 1 aromatic carbocycles. The van der Waals surface area contributed by atoms with E-state index in [1.807, 2.05) is 6.07 Å². The number of hydrazone groups is 1. The van der Waals surface area contributed by atoms with Crippen molar-refractivity contribution in [3.63, 3.8) is 0 Å². The van der Waals surface area contributed by atoms with Gasteiger partial charge in [-0.05, 0) is 29.7 Å². The first kappa shape index (κ1) is 13.5. The quantitative estimate of drug-likeness (QED) is 0.665. The molecule has 20 heavy (non-hydrogen) atoms. The second-order valence-corrected chi connectivity index (χ2v) is 4.82. The predicted molar refractivity (Wildman–Crippen MR) is 77.5 cm³/mol. The SMILES string of the molecule is CNC(=O)c1cc2cc(NN=C(C#N)C#N)ccc2s1. The Labute approximate surface area is 118 Å². The Morgan fingerprint density at radius 1 is 1.30 bits per heavy atom. The number of hydrogen-bond donors (Lipinski definition) is 2. The topological polar surface area (TPSA) is 101 Å². The first-order valence-corrected chi connectivity index (χ1v) is 6.39. The van der Waals surface area contributed by atoms with E-state index in [0.29, 0.717) is 10.6 Å². The van der Waals surface area contributed by atoms with E-state index in [9.17, 15) is 4.79 Å². The molecule has 0 bridgehead atoms. The molecule has 2 aromatic rings. The molecule has 0 aliphatic carbocycles. The molecule has 98 valence electrons. The number of nitriles is 2. The van der Waals surface area contributed by atoms with E-state index in [4.69, 9.17) is 10.5 Å². The normalized spacial score (nSPS) is 9.35. The maximum Gasteiger partial charge on any atom is 0.261 e. The zero-order valence-electron chi connectivity index (χ0n) is 10.5. The Morgan fingerprint density at radius 2 is 2.05 bits per heavy atom. The van der Waals surface area contributed by atoms with Crippen molar-refractivity contribution in [2.45, 2.75) is 0 Å². The summed E-state index contributed by atoms with van der Waals surface area (Å²) in [4.78, 5) is 12.2. The predicted octanol–water partition coefficient (Wildman–Crippen LogP) is 2.08. The molecule has 7 heteroatoms. The smallest absolute Gasteiger partial charge is 0.261 e. The molecule has 0 unspecified atom stereocenters. The molecule has 0 atom stereocenters. The van der Waals surface area contributed by atoms with Crippen LogP contribution in [0.3, 0.4) is 0 Å². The van der Waals surface area contributed by atoms with Gasteiger partial charge in [0.15, 0.2) is 0 Å². The van der Waals surface area contributed by atoms with Crippen molar-refractivity contribution in [2.24, 2.45) is 5.10 Å². The van der Waals surface area contributed by atoms with Gasteiger partial charge in [0.05, 0.1) is 10.6 Å². The third kappa shape index (κ3) is 2.74. The van der Waals surface area contributed by atoms with E-state index in [1.54, 1.807) is 37.4 Å². The van der Waals surface area contributed by atoms with Gasteiger partial charge in [-0.1, -0.05) is 0 Å². The average Bonchev–Trinajstić information content (AvgIpc) is 2.90. The fourth-order valence-electron chi connectivity index (χ4n) is 1.54. The van der Waals surface area contributed by atoms with Crippen LogP contribution in [0, 0.1) is 22.7 Å². The summed E-state index contributed by atoms with van der Waals surface area (Å²) in [5.74, 6) is -0.130. The number of fused-ring (bicyclic) bond motifs is 1. The number of nitrogens with zero attached hydrogens (tertiary/aromatic N) is 3. The van der Waals surface area contributed by atoms with Crippen molar-refractivity contribution in [2.75, 3.05) is 12.5 Å². The molecule has 0 radical (unpaired) electrons.